The molecule has 4 aromatic rings. The van der Waals surface area contributed by atoms with Crippen LogP contribution >= 0.6 is 14.3 Å². The monoisotopic (exact) mass is 494 g/mol. The molecule has 4 heteroatoms. The summed E-state index contributed by atoms with van der Waals surface area (Å²) >= 11 is 0. The smallest absolute Gasteiger partial charge is 0.147 e. The Morgan fingerprint density at radius 3 is 0.943 bits per heavy atom. The first-order valence-electron chi connectivity index (χ1n) is 12.2. The number of allylic oxidation sites excluding steroid dienone is 2. The number of benzene rings is 4. The highest BCUT2D eigenvalue weighted by atomic mass is 31.2. The molecule has 0 radical (unpaired) electrons. The van der Waals surface area contributed by atoms with Crippen LogP contribution in [0.2, 0.25) is 0 Å². The van der Waals surface area contributed by atoms with Crippen LogP contribution in [0.3, 0.4) is 0 Å². The third kappa shape index (κ3) is 3.55. The van der Waals surface area contributed by atoms with E-state index in [-0.39, 0.29) is 23.2 Å². The molecule has 1 fully saturated rings. The number of rotatable bonds is 6. The molecule has 0 heterocycles. The van der Waals surface area contributed by atoms with Gasteiger partial charge >= 0.3 is 0 Å². The lowest BCUT2D eigenvalue weighted by Crippen LogP contribution is -2.41. The van der Waals surface area contributed by atoms with Crippen molar-refractivity contribution in [3.05, 3.63) is 133 Å². The van der Waals surface area contributed by atoms with Crippen LogP contribution in [0, 0.1) is 11.8 Å². The Morgan fingerprint density at radius 1 is 0.429 bits per heavy atom. The molecule has 1 saturated carbocycles. The van der Waals surface area contributed by atoms with Crippen molar-refractivity contribution in [2.75, 3.05) is 0 Å². The van der Waals surface area contributed by atoms with Crippen molar-refractivity contribution in [2.45, 2.75) is 17.7 Å². The molecular weight excluding hydrogens is 466 g/mol. The molecule has 35 heavy (non-hydrogen) atoms. The number of hydrogen-bond acceptors (Lipinski definition) is 2. The molecule has 0 N–H and O–H groups in total. The zero-order valence-corrected chi connectivity index (χ0v) is 21.2. The van der Waals surface area contributed by atoms with Gasteiger partial charge in [0, 0.05) is 32.5 Å². The Morgan fingerprint density at radius 2 is 0.686 bits per heavy atom. The van der Waals surface area contributed by atoms with E-state index in [4.69, 9.17) is 0 Å². The summed E-state index contributed by atoms with van der Waals surface area (Å²) in [7, 11) is -6.26. The topological polar surface area (TPSA) is 34.1 Å². The fraction of sp³-hybridized carbons (Fsp3) is 0.161. The van der Waals surface area contributed by atoms with Crippen LogP contribution in [-0.2, 0) is 9.13 Å². The Hall–Kier alpha value is -2.92. The summed E-state index contributed by atoms with van der Waals surface area (Å²) in [6, 6.07) is 39.6. The van der Waals surface area contributed by atoms with E-state index in [0.29, 0.717) is 0 Å². The lowest BCUT2D eigenvalue weighted by Gasteiger charge is -2.40. The third-order valence-electron chi connectivity index (χ3n) is 7.78. The predicted molar refractivity (Wildman–Crippen MR) is 148 cm³/mol. The molecule has 0 aromatic heterocycles. The Balaban J connectivity index is 1.63. The van der Waals surface area contributed by atoms with Gasteiger partial charge in [-0.25, -0.2) is 0 Å². The standard InChI is InChI=1S/C31H28O2P2/c32-34(26-13-5-1-6-14-26,27-15-7-2-8-16-27)30-24-21-22-25(23-24)31(30)35(33,28-17-9-3-10-18-28)29-19-11-4-12-20-29/h1-22,24-25,30-31H,23H2/t24-,25-,30+,31+/m0/s1. The quantitative estimate of drug-likeness (QED) is 0.245. The van der Waals surface area contributed by atoms with Crippen molar-refractivity contribution in [3.8, 4) is 0 Å². The Bertz CT molecular complexity index is 1230. The largest absolute Gasteiger partial charge is 0.313 e. The molecule has 2 aliphatic rings. The van der Waals surface area contributed by atoms with E-state index in [2.05, 4.69) is 12.2 Å². The van der Waals surface area contributed by atoms with Crippen LogP contribution in [0.1, 0.15) is 6.42 Å². The minimum absolute atomic E-state index is 0.136. The molecule has 4 aromatic carbocycles. The molecule has 2 aliphatic carbocycles. The predicted octanol–water partition coefficient (Wildman–Crippen LogP) is 5.96. The van der Waals surface area contributed by atoms with Crippen molar-refractivity contribution in [1.29, 1.82) is 0 Å². The van der Waals surface area contributed by atoms with Gasteiger partial charge in [-0.1, -0.05) is 133 Å². The van der Waals surface area contributed by atoms with Crippen molar-refractivity contribution in [1.82, 2.24) is 0 Å². The summed E-state index contributed by atoms with van der Waals surface area (Å²) in [5.74, 6) is 0.272. The van der Waals surface area contributed by atoms with Gasteiger partial charge in [0.05, 0.1) is 0 Å². The van der Waals surface area contributed by atoms with Gasteiger partial charge in [0.25, 0.3) is 0 Å². The van der Waals surface area contributed by atoms with E-state index in [0.717, 1.165) is 27.6 Å². The van der Waals surface area contributed by atoms with Crippen molar-refractivity contribution in [2.24, 2.45) is 11.8 Å². The molecular formula is C31H28O2P2. The van der Waals surface area contributed by atoms with Gasteiger partial charge in [-0.3, -0.25) is 0 Å². The van der Waals surface area contributed by atoms with Gasteiger partial charge < -0.3 is 9.13 Å². The van der Waals surface area contributed by atoms with Gasteiger partial charge in [0.2, 0.25) is 0 Å². The Kier molecular flexibility index (Phi) is 5.76. The van der Waals surface area contributed by atoms with Crippen LogP contribution < -0.4 is 21.2 Å². The highest BCUT2D eigenvalue weighted by Crippen LogP contribution is 2.69. The molecule has 6 rings (SSSR count). The second-order valence-corrected chi connectivity index (χ2v) is 15.5. The minimum Gasteiger partial charge on any atom is -0.313 e. The number of fused-ring (bicyclic) bond motifs is 2. The first-order valence-corrected chi connectivity index (χ1v) is 15.8. The van der Waals surface area contributed by atoms with Crippen LogP contribution in [0.25, 0.3) is 0 Å². The first-order chi connectivity index (χ1) is 17.1. The van der Waals surface area contributed by atoms with Crippen LogP contribution in [0.5, 0.6) is 0 Å². The molecule has 0 amide bonds. The zero-order valence-electron chi connectivity index (χ0n) is 19.4. The summed E-state index contributed by atoms with van der Waals surface area (Å²) in [6.07, 6.45) is 5.39. The first kappa shape index (κ1) is 22.5. The highest BCUT2D eigenvalue weighted by Gasteiger charge is 2.60. The van der Waals surface area contributed by atoms with Gasteiger partial charge in [0.15, 0.2) is 0 Å². The van der Waals surface area contributed by atoms with Crippen LogP contribution in [0.4, 0.5) is 0 Å². The third-order valence-corrected chi connectivity index (χ3v) is 15.4. The van der Waals surface area contributed by atoms with Gasteiger partial charge in [-0.15, -0.1) is 0 Å². The summed E-state index contributed by atoms with van der Waals surface area (Å²) in [6.45, 7) is 0. The normalized spacial score (nSPS) is 23.4. The second-order valence-electron chi connectivity index (χ2n) is 9.59. The minimum atomic E-state index is -3.13. The fourth-order valence-corrected chi connectivity index (χ4v) is 14.7. The maximum absolute atomic E-state index is 15.6. The van der Waals surface area contributed by atoms with Crippen LogP contribution in [0.15, 0.2) is 133 Å². The van der Waals surface area contributed by atoms with Gasteiger partial charge in [-0.2, -0.15) is 0 Å². The van der Waals surface area contributed by atoms with E-state index < -0.39 is 14.3 Å². The van der Waals surface area contributed by atoms with Gasteiger partial charge in [-0.05, 0) is 18.3 Å². The molecule has 2 bridgehead atoms. The summed E-state index contributed by atoms with van der Waals surface area (Å²) in [4.78, 5) is 0. The highest BCUT2D eigenvalue weighted by molar-refractivity contribution is 7.83. The van der Waals surface area contributed by atoms with E-state index in [9.17, 15) is 0 Å². The summed E-state index contributed by atoms with van der Waals surface area (Å²) in [5.41, 5.74) is -0.456. The summed E-state index contributed by atoms with van der Waals surface area (Å²) in [5, 5.41) is 3.43. The number of hydrogen-bond donors (Lipinski definition) is 0. The molecule has 0 unspecified atom stereocenters. The average Bonchev–Trinajstić information content (AvgIpc) is 3.57. The van der Waals surface area contributed by atoms with E-state index >= 15 is 9.13 Å². The fourth-order valence-electron chi connectivity index (χ4n) is 6.32. The van der Waals surface area contributed by atoms with Crippen LogP contribution in [-0.4, -0.2) is 11.3 Å². The van der Waals surface area contributed by atoms with Crippen molar-refractivity contribution in [3.63, 3.8) is 0 Å². The maximum atomic E-state index is 15.6. The lowest BCUT2D eigenvalue weighted by atomic mass is 10.1. The molecule has 0 saturated heterocycles. The average molecular weight is 495 g/mol. The zero-order chi connectivity index (χ0) is 23.9. The SMILES string of the molecule is O=P(c1ccccc1)(c1ccccc1)[C@H]1[C@H](P(=O)(c2ccccc2)c2ccccc2)[C@H]2C=C[C@H]1C2. The van der Waals surface area contributed by atoms with E-state index in [1.807, 2.05) is 121 Å². The molecule has 174 valence electrons. The van der Waals surface area contributed by atoms with E-state index in [1.165, 1.54) is 0 Å². The van der Waals surface area contributed by atoms with Crippen molar-refractivity contribution >= 4 is 35.5 Å². The Labute approximate surface area is 207 Å². The maximum Gasteiger partial charge on any atom is 0.147 e. The molecule has 2 nitrogen and oxygen atoms in total. The molecule has 4 atom stereocenters. The summed E-state index contributed by atoms with van der Waals surface area (Å²) < 4.78 is 31.1. The van der Waals surface area contributed by atoms with Gasteiger partial charge in [0.1, 0.15) is 14.3 Å². The lowest BCUT2D eigenvalue weighted by molar-refractivity contribution is 0.549. The molecule has 0 spiro atoms. The van der Waals surface area contributed by atoms with Crippen molar-refractivity contribution < 1.29 is 9.13 Å². The second kappa shape index (κ2) is 8.94. The van der Waals surface area contributed by atoms with E-state index in [1.54, 1.807) is 0 Å². The molecule has 0 aliphatic heterocycles.